The second-order valence-electron chi connectivity index (χ2n) is 3.95. The molecule has 2 rings (SSSR count). The standard InChI is InChI=1S/C14H15ClN2O/c1-2-11-4-3-5-12(17-11)9-18-14-7-6-10(16)8-13(14)15/h3-8H,2,9,16H2,1H3. The van der Waals surface area contributed by atoms with Crippen LogP contribution in [0.2, 0.25) is 5.02 Å². The molecule has 0 aliphatic heterocycles. The molecule has 1 heterocycles. The number of ether oxygens (including phenoxy) is 1. The number of benzene rings is 1. The fraction of sp³-hybridized carbons (Fsp3) is 0.214. The lowest BCUT2D eigenvalue weighted by atomic mass is 10.2. The highest BCUT2D eigenvalue weighted by atomic mass is 35.5. The molecule has 0 unspecified atom stereocenters. The molecule has 0 fully saturated rings. The Bertz CT molecular complexity index is 543. The Kier molecular flexibility index (Phi) is 4.05. The van der Waals surface area contributed by atoms with Crippen LogP contribution in [0.5, 0.6) is 5.75 Å². The Balaban J connectivity index is 2.06. The second-order valence-corrected chi connectivity index (χ2v) is 4.36. The van der Waals surface area contributed by atoms with E-state index in [1.54, 1.807) is 18.2 Å². The zero-order chi connectivity index (χ0) is 13.0. The van der Waals surface area contributed by atoms with E-state index in [1.807, 2.05) is 18.2 Å². The van der Waals surface area contributed by atoms with Crippen molar-refractivity contribution in [3.8, 4) is 5.75 Å². The van der Waals surface area contributed by atoms with Gasteiger partial charge in [-0.2, -0.15) is 0 Å². The monoisotopic (exact) mass is 262 g/mol. The molecule has 94 valence electrons. The van der Waals surface area contributed by atoms with Crippen molar-refractivity contribution in [2.45, 2.75) is 20.0 Å². The number of nitrogens with two attached hydrogens (primary N) is 1. The van der Waals surface area contributed by atoms with Crippen molar-refractivity contribution >= 4 is 17.3 Å². The van der Waals surface area contributed by atoms with Gasteiger partial charge < -0.3 is 10.5 Å². The van der Waals surface area contributed by atoms with Gasteiger partial charge in [0.1, 0.15) is 12.4 Å². The number of aromatic nitrogens is 1. The van der Waals surface area contributed by atoms with Crippen LogP contribution in [-0.4, -0.2) is 4.98 Å². The molecule has 0 radical (unpaired) electrons. The average molecular weight is 263 g/mol. The Labute approximate surface area is 112 Å². The minimum absolute atomic E-state index is 0.400. The van der Waals surface area contributed by atoms with Crippen LogP contribution in [0.25, 0.3) is 0 Å². The lowest BCUT2D eigenvalue weighted by Gasteiger charge is -2.08. The third-order valence-corrected chi connectivity index (χ3v) is 2.85. The number of halogens is 1. The van der Waals surface area contributed by atoms with Crippen LogP contribution in [0.4, 0.5) is 5.69 Å². The van der Waals surface area contributed by atoms with E-state index in [-0.39, 0.29) is 0 Å². The van der Waals surface area contributed by atoms with Crippen molar-refractivity contribution in [1.82, 2.24) is 4.98 Å². The van der Waals surface area contributed by atoms with Gasteiger partial charge in [0, 0.05) is 11.4 Å². The van der Waals surface area contributed by atoms with Crippen molar-refractivity contribution in [1.29, 1.82) is 0 Å². The molecule has 0 atom stereocenters. The number of rotatable bonds is 4. The van der Waals surface area contributed by atoms with Crippen LogP contribution in [0.1, 0.15) is 18.3 Å². The van der Waals surface area contributed by atoms with Gasteiger partial charge in [0.15, 0.2) is 0 Å². The number of pyridine rings is 1. The van der Waals surface area contributed by atoms with Crippen LogP contribution in [0.15, 0.2) is 36.4 Å². The van der Waals surface area contributed by atoms with Crippen molar-refractivity contribution in [2.75, 3.05) is 5.73 Å². The van der Waals surface area contributed by atoms with Gasteiger partial charge in [-0.15, -0.1) is 0 Å². The van der Waals surface area contributed by atoms with E-state index in [0.717, 1.165) is 17.8 Å². The zero-order valence-electron chi connectivity index (χ0n) is 10.2. The first-order valence-corrected chi connectivity index (χ1v) is 6.19. The summed E-state index contributed by atoms with van der Waals surface area (Å²) in [6.45, 7) is 2.47. The molecule has 2 N–H and O–H groups in total. The number of hydrogen-bond donors (Lipinski definition) is 1. The smallest absolute Gasteiger partial charge is 0.138 e. The van der Waals surface area contributed by atoms with E-state index in [0.29, 0.717) is 23.1 Å². The molecule has 4 heteroatoms. The molecule has 2 aromatic rings. The fourth-order valence-corrected chi connectivity index (χ4v) is 1.84. The number of aryl methyl sites for hydroxylation is 1. The maximum atomic E-state index is 6.03. The topological polar surface area (TPSA) is 48.1 Å². The quantitative estimate of drug-likeness (QED) is 0.859. The molecule has 0 saturated heterocycles. The zero-order valence-corrected chi connectivity index (χ0v) is 10.9. The van der Waals surface area contributed by atoms with Crippen LogP contribution in [0, 0.1) is 0 Å². The fourth-order valence-electron chi connectivity index (χ4n) is 1.59. The van der Waals surface area contributed by atoms with Gasteiger partial charge in [0.2, 0.25) is 0 Å². The third kappa shape index (κ3) is 3.14. The Morgan fingerprint density at radius 2 is 2.00 bits per heavy atom. The Hall–Kier alpha value is -1.74. The molecule has 3 nitrogen and oxygen atoms in total. The van der Waals surface area contributed by atoms with Crippen molar-refractivity contribution in [3.63, 3.8) is 0 Å². The van der Waals surface area contributed by atoms with Crippen molar-refractivity contribution in [2.24, 2.45) is 0 Å². The van der Waals surface area contributed by atoms with Gasteiger partial charge in [0.05, 0.1) is 10.7 Å². The van der Waals surface area contributed by atoms with Crippen LogP contribution in [0.3, 0.4) is 0 Å². The van der Waals surface area contributed by atoms with Crippen molar-refractivity contribution in [3.05, 3.63) is 52.8 Å². The van der Waals surface area contributed by atoms with Crippen LogP contribution < -0.4 is 10.5 Å². The number of anilines is 1. The molecule has 0 aliphatic rings. The summed E-state index contributed by atoms with van der Waals surface area (Å²) >= 11 is 6.03. The summed E-state index contributed by atoms with van der Waals surface area (Å²) in [6.07, 6.45) is 0.913. The van der Waals surface area contributed by atoms with E-state index in [1.165, 1.54) is 0 Å². The number of hydrogen-bond acceptors (Lipinski definition) is 3. The summed E-state index contributed by atoms with van der Waals surface area (Å²) in [6, 6.07) is 11.1. The summed E-state index contributed by atoms with van der Waals surface area (Å²) in [4.78, 5) is 4.46. The Morgan fingerprint density at radius 1 is 1.22 bits per heavy atom. The molecule has 0 amide bonds. The first kappa shape index (κ1) is 12.7. The molecule has 0 saturated carbocycles. The van der Waals surface area contributed by atoms with Gasteiger partial charge >= 0.3 is 0 Å². The maximum Gasteiger partial charge on any atom is 0.138 e. The molecule has 18 heavy (non-hydrogen) atoms. The lowest BCUT2D eigenvalue weighted by molar-refractivity contribution is 0.301. The van der Waals surface area contributed by atoms with E-state index >= 15 is 0 Å². The van der Waals surface area contributed by atoms with Gasteiger partial charge in [-0.3, -0.25) is 4.98 Å². The van der Waals surface area contributed by atoms with E-state index in [4.69, 9.17) is 22.1 Å². The molecular formula is C14H15ClN2O. The van der Waals surface area contributed by atoms with Gasteiger partial charge in [-0.05, 0) is 36.8 Å². The summed E-state index contributed by atoms with van der Waals surface area (Å²) in [5.41, 5.74) is 8.19. The maximum absolute atomic E-state index is 6.03. The SMILES string of the molecule is CCc1cccc(COc2ccc(N)cc2Cl)n1. The van der Waals surface area contributed by atoms with Crippen LogP contribution in [-0.2, 0) is 13.0 Å². The first-order chi connectivity index (χ1) is 8.69. The molecule has 1 aromatic carbocycles. The minimum atomic E-state index is 0.400. The number of nitrogens with zero attached hydrogens (tertiary/aromatic N) is 1. The van der Waals surface area contributed by atoms with Crippen LogP contribution >= 0.6 is 11.6 Å². The molecule has 0 spiro atoms. The molecule has 0 aliphatic carbocycles. The predicted octanol–water partition coefficient (Wildman–Crippen LogP) is 3.46. The summed E-state index contributed by atoms with van der Waals surface area (Å²) < 4.78 is 5.63. The first-order valence-electron chi connectivity index (χ1n) is 5.81. The summed E-state index contributed by atoms with van der Waals surface area (Å²) in [5.74, 6) is 0.620. The summed E-state index contributed by atoms with van der Waals surface area (Å²) in [7, 11) is 0. The van der Waals surface area contributed by atoms with E-state index in [9.17, 15) is 0 Å². The summed E-state index contributed by atoms with van der Waals surface area (Å²) in [5, 5.41) is 0.515. The highest BCUT2D eigenvalue weighted by molar-refractivity contribution is 6.32. The number of nitrogen functional groups attached to an aromatic ring is 1. The molecule has 0 bridgehead atoms. The largest absolute Gasteiger partial charge is 0.486 e. The van der Waals surface area contributed by atoms with Gasteiger partial charge in [-0.25, -0.2) is 0 Å². The average Bonchev–Trinajstić information content (AvgIpc) is 2.38. The van der Waals surface area contributed by atoms with E-state index < -0.39 is 0 Å². The normalized spacial score (nSPS) is 10.3. The highest BCUT2D eigenvalue weighted by Gasteiger charge is 2.03. The van der Waals surface area contributed by atoms with Gasteiger partial charge in [0.25, 0.3) is 0 Å². The third-order valence-electron chi connectivity index (χ3n) is 2.56. The highest BCUT2D eigenvalue weighted by Crippen LogP contribution is 2.26. The van der Waals surface area contributed by atoms with Gasteiger partial charge in [-0.1, -0.05) is 24.6 Å². The van der Waals surface area contributed by atoms with E-state index in [2.05, 4.69) is 11.9 Å². The Morgan fingerprint density at radius 3 is 2.72 bits per heavy atom. The van der Waals surface area contributed by atoms with Crippen molar-refractivity contribution < 1.29 is 4.74 Å². The minimum Gasteiger partial charge on any atom is -0.486 e. The molecular weight excluding hydrogens is 248 g/mol. The molecule has 1 aromatic heterocycles. The second kappa shape index (κ2) is 5.74. The predicted molar refractivity (Wildman–Crippen MR) is 73.8 cm³/mol. The lowest BCUT2D eigenvalue weighted by Crippen LogP contribution is -2.00.